The van der Waals surface area contributed by atoms with Crippen LogP contribution < -0.4 is 10.6 Å². The van der Waals surface area contributed by atoms with Crippen LogP contribution in [0, 0.1) is 11.1 Å². The van der Waals surface area contributed by atoms with E-state index in [1.807, 2.05) is 13.8 Å². The van der Waals surface area contributed by atoms with Crippen molar-refractivity contribution >= 4 is 34.3 Å². The summed E-state index contributed by atoms with van der Waals surface area (Å²) in [7, 11) is 0. The van der Waals surface area contributed by atoms with Crippen LogP contribution in [0.15, 0.2) is 54.7 Å². The number of amides is 2. The van der Waals surface area contributed by atoms with E-state index in [0.29, 0.717) is 28.6 Å². The third kappa shape index (κ3) is 4.51. The van der Waals surface area contributed by atoms with Crippen molar-refractivity contribution in [2.75, 3.05) is 5.32 Å². The summed E-state index contributed by atoms with van der Waals surface area (Å²) in [5, 5.41) is 27.3. The molecule has 2 heterocycles. The number of anilines is 1. The molecule has 0 saturated carbocycles. The van der Waals surface area contributed by atoms with Crippen LogP contribution in [0.2, 0.25) is 0 Å². The normalized spacial score (nSPS) is 19.5. The average molecular weight is 449 g/mol. The van der Waals surface area contributed by atoms with E-state index < -0.39 is 29.1 Å². The Kier molecular flexibility index (Phi) is 6.28. The third-order valence-electron chi connectivity index (χ3n) is 5.75. The molecule has 1 aliphatic rings. The molecule has 1 aromatic heterocycles. The fourth-order valence-corrected chi connectivity index (χ4v) is 4.16. The molecule has 2 atom stereocenters. The lowest BCUT2D eigenvalue weighted by atomic mass is 10.0. The zero-order valence-electron chi connectivity index (χ0n) is 18.3. The molecular weight excluding hydrogens is 424 g/mol. The molecule has 0 saturated heterocycles. The third-order valence-corrected chi connectivity index (χ3v) is 5.75. The SMILES string of the molecule is CC(C)C[C@@H]1NC(=O)[C@@H](N([O-])O)Cc2cn(c3ccccc23)C(=O)c2ccccc2NC1=O. The first-order chi connectivity index (χ1) is 15.8. The Morgan fingerprint density at radius 3 is 2.52 bits per heavy atom. The summed E-state index contributed by atoms with van der Waals surface area (Å²) in [5.74, 6) is -1.60. The number of para-hydroxylation sites is 2. The lowest BCUT2D eigenvalue weighted by Gasteiger charge is -2.31. The largest absolute Gasteiger partial charge is 0.762 e. The molecule has 3 N–H and O–H groups in total. The van der Waals surface area contributed by atoms with Crippen LogP contribution in [-0.4, -0.2) is 44.8 Å². The van der Waals surface area contributed by atoms with E-state index in [9.17, 15) is 24.8 Å². The Balaban J connectivity index is 1.90. The zero-order chi connectivity index (χ0) is 23.7. The fourth-order valence-electron chi connectivity index (χ4n) is 4.16. The first-order valence-electron chi connectivity index (χ1n) is 10.8. The molecule has 2 bridgehead atoms. The quantitative estimate of drug-likeness (QED) is 0.528. The minimum atomic E-state index is -1.50. The van der Waals surface area contributed by atoms with Gasteiger partial charge < -0.3 is 21.0 Å². The van der Waals surface area contributed by atoms with E-state index in [1.165, 1.54) is 4.57 Å². The van der Waals surface area contributed by atoms with Crippen molar-refractivity contribution in [3.63, 3.8) is 0 Å². The number of nitrogens with one attached hydrogen (secondary N) is 2. The van der Waals surface area contributed by atoms with Gasteiger partial charge >= 0.3 is 0 Å². The van der Waals surface area contributed by atoms with E-state index in [1.54, 1.807) is 54.7 Å². The van der Waals surface area contributed by atoms with Crippen molar-refractivity contribution in [1.82, 2.24) is 15.1 Å². The number of hydrogen-bond donors (Lipinski definition) is 3. The topological polar surface area (TPSA) is 127 Å². The molecule has 33 heavy (non-hydrogen) atoms. The first-order valence-corrected chi connectivity index (χ1v) is 10.8. The van der Waals surface area contributed by atoms with Crippen molar-refractivity contribution in [1.29, 1.82) is 0 Å². The van der Waals surface area contributed by atoms with Gasteiger partial charge in [0, 0.05) is 18.0 Å². The molecule has 2 amide bonds. The van der Waals surface area contributed by atoms with Crippen molar-refractivity contribution < 1.29 is 19.6 Å². The van der Waals surface area contributed by atoms with Gasteiger partial charge in [-0.1, -0.05) is 44.2 Å². The molecule has 0 spiro atoms. The molecule has 0 unspecified atom stereocenters. The molecule has 0 radical (unpaired) electrons. The minimum Gasteiger partial charge on any atom is -0.762 e. The van der Waals surface area contributed by atoms with E-state index in [4.69, 9.17) is 0 Å². The van der Waals surface area contributed by atoms with Crippen molar-refractivity contribution in [3.05, 3.63) is 71.1 Å². The van der Waals surface area contributed by atoms with Gasteiger partial charge in [-0.25, -0.2) is 0 Å². The highest BCUT2D eigenvalue weighted by Gasteiger charge is 2.30. The maximum Gasteiger partial charge on any atom is 0.264 e. The summed E-state index contributed by atoms with van der Waals surface area (Å²) >= 11 is 0. The van der Waals surface area contributed by atoms with Crippen molar-refractivity contribution in [2.24, 2.45) is 5.92 Å². The van der Waals surface area contributed by atoms with Crippen LogP contribution in [0.3, 0.4) is 0 Å². The predicted octanol–water partition coefficient (Wildman–Crippen LogP) is 2.91. The smallest absolute Gasteiger partial charge is 0.264 e. The van der Waals surface area contributed by atoms with Crippen LogP contribution in [0.1, 0.15) is 36.2 Å². The van der Waals surface area contributed by atoms with Gasteiger partial charge in [0.15, 0.2) is 0 Å². The Hall–Kier alpha value is -3.53. The molecule has 1 aliphatic heterocycles. The summed E-state index contributed by atoms with van der Waals surface area (Å²) in [5.41, 5.74) is 1.74. The van der Waals surface area contributed by atoms with Gasteiger partial charge in [0.1, 0.15) is 12.1 Å². The number of fused-ring (bicyclic) bond motifs is 6. The number of hydrogen-bond acceptors (Lipinski definition) is 6. The summed E-state index contributed by atoms with van der Waals surface area (Å²) in [6.45, 7) is 3.80. The summed E-state index contributed by atoms with van der Waals surface area (Å²) < 4.78 is 1.43. The van der Waals surface area contributed by atoms with Gasteiger partial charge in [-0.05, 0) is 36.1 Å². The van der Waals surface area contributed by atoms with E-state index in [2.05, 4.69) is 10.6 Å². The highest BCUT2D eigenvalue weighted by molar-refractivity contribution is 6.09. The predicted molar refractivity (Wildman–Crippen MR) is 123 cm³/mol. The lowest BCUT2D eigenvalue weighted by Crippen LogP contribution is -2.52. The fraction of sp³-hybridized carbons (Fsp3) is 0.292. The van der Waals surface area contributed by atoms with Crippen LogP contribution in [-0.2, 0) is 16.0 Å². The molecule has 4 rings (SSSR count). The molecule has 2 aromatic carbocycles. The zero-order valence-corrected chi connectivity index (χ0v) is 18.3. The summed E-state index contributed by atoms with van der Waals surface area (Å²) in [6.07, 6.45) is 1.73. The number of carbonyl (C=O) groups is 3. The minimum absolute atomic E-state index is 0.0567. The van der Waals surface area contributed by atoms with Gasteiger partial charge in [-0.2, -0.15) is 0 Å². The molecule has 3 aromatic rings. The Morgan fingerprint density at radius 2 is 1.79 bits per heavy atom. The van der Waals surface area contributed by atoms with Gasteiger partial charge in [-0.3, -0.25) is 24.2 Å². The Labute approximate surface area is 190 Å². The molecule has 0 aliphatic carbocycles. The first kappa shape index (κ1) is 22.7. The molecule has 0 fully saturated rings. The number of hydroxylamine groups is 2. The van der Waals surface area contributed by atoms with E-state index in [-0.39, 0.29) is 23.8 Å². The molecule has 172 valence electrons. The molecular formula is C24H25N4O5-. The number of benzene rings is 2. The second-order valence-electron chi connectivity index (χ2n) is 8.59. The summed E-state index contributed by atoms with van der Waals surface area (Å²) in [4.78, 5) is 39.6. The monoisotopic (exact) mass is 449 g/mol. The molecule has 9 nitrogen and oxygen atoms in total. The highest BCUT2D eigenvalue weighted by atomic mass is 16.8. The van der Waals surface area contributed by atoms with Crippen LogP contribution in [0.5, 0.6) is 0 Å². The number of carbonyl (C=O) groups excluding carboxylic acids is 3. The van der Waals surface area contributed by atoms with Gasteiger partial charge in [-0.15, -0.1) is 0 Å². The highest BCUT2D eigenvalue weighted by Crippen LogP contribution is 2.27. The summed E-state index contributed by atoms with van der Waals surface area (Å²) in [6, 6.07) is 11.3. The standard InChI is InChI=1S/C24H25N4O5/c1-14(2)11-19-22(29)25-18-9-5-3-8-17(18)24(31)27-13-15(16-7-4-6-10-20(16)27)12-21(28(32)33)23(30)26-19/h3-10,13-14,19,21,32H,11-12H2,1-2H3,(H,25,29)(H,26,30)/q-1/t19-,21-/m0/s1. The maximum atomic E-state index is 13.5. The second kappa shape index (κ2) is 9.14. The van der Waals surface area contributed by atoms with Crippen LogP contribution in [0.4, 0.5) is 5.69 Å². The maximum absolute atomic E-state index is 13.5. The van der Waals surface area contributed by atoms with Gasteiger partial charge in [0.25, 0.3) is 5.91 Å². The van der Waals surface area contributed by atoms with Gasteiger partial charge in [0.05, 0.1) is 16.8 Å². The van der Waals surface area contributed by atoms with Crippen LogP contribution in [0.25, 0.3) is 10.9 Å². The Bertz CT molecular complexity index is 1220. The number of nitrogens with zero attached hydrogens (tertiary/aromatic N) is 2. The number of rotatable bonds is 3. The van der Waals surface area contributed by atoms with Crippen LogP contribution >= 0.6 is 0 Å². The van der Waals surface area contributed by atoms with Crippen molar-refractivity contribution in [3.8, 4) is 0 Å². The molecule has 9 heteroatoms. The second-order valence-corrected chi connectivity index (χ2v) is 8.59. The van der Waals surface area contributed by atoms with Crippen molar-refractivity contribution in [2.45, 2.75) is 38.8 Å². The lowest BCUT2D eigenvalue weighted by molar-refractivity contribution is -0.143. The van der Waals surface area contributed by atoms with E-state index >= 15 is 0 Å². The average Bonchev–Trinajstić information content (AvgIpc) is 3.14. The Morgan fingerprint density at radius 1 is 1.09 bits per heavy atom. The number of aromatic nitrogens is 1. The van der Waals surface area contributed by atoms with E-state index in [0.717, 1.165) is 0 Å². The van der Waals surface area contributed by atoms with Gasteiger partial charge in [0.2, 0.25) is 11.8 Å².